The number of hydrogen-bond donors (Lipinski definition) is 0. The van der Waals surface area contributed by atoms with E-state index < -0.39 is 0 Å². The normalized spacial score (nSPS) is 22.3. The molecule has 2 unspecified atom stereocenters. The number of rotatable bonds is 3. The maximum atomic E-state index is 2.92. The van der Waals surface area contributed by atoms with E-state index >= 15 is 0 Å². The maximum absolute atomic E-state index is 2.92. The summed E-state index contributed by atoms with van der Waals surface area (Å²) in [5.74, 6) is 0. The third-order valence-corrected chi connectivity index (χ3v) is 18.8. The number of nitrogens with zero attached hydrogens (tertiary/aromatic N) is 2. The molecule has 0 aromatic heterocycles. The van der Waals surface area contributed by atoms with Gasteiger partial charge in [-0.1, -0.05) is 178 Å². The zero-order chi connectivity index (χ0) is 47.5. The molecule has 0 saturated heterocycles. The minimum atomic E-state index is -0.0950. The Kier molecular flexibility index (Phi) is 10.2. The zero-order valence-corrected chi connectivity index (χ0v) is 44.4. The molecule has 5 aliphatic rings. The van der Waals surface area contributed by atoms with Gasteiger partial charge in [0.1, 0.15) is 0 Å². The van der Waals surface area contributed by atoms with Crippen molar-refractivity contribution in [2.45, 2.75) is 182 Å². The van der Waals surface area contributed by atoms with Crippen LogP contribution in [0.15, 0.2) is 108 Å². The van der Waals surface area contributed by atoms with Crippen molar-refractivity contribution in [1.29, 1.82) is 0 Å². The molecule has 5 aromatic rings. The van der Waals surface area contributed by atoms with Gasteiger partial charge in [0.25, 0.3) is 0 Å². The summed E-state index contributed by atoms with van der Waals surface area (Å²) in [5.41, 5.74) is 21.5. The second-order valence-corrected chi connectivity index (χ2v) is 27.9. The summed E-state index contributed by atoms with van der Waals surface area (Å²) in [4.78, 5) is 7.34. The molecule has 2 nitrogen and oxygen atoms in total. The van der Waals surface area contributed by atoms with Crippen LogP contribution < -0.4 is 20.7 Å². The highest BCUT2D eigenvalue weighted by atomic mass is 32.2. The van der Waals surface area contributed by atoms with Crippen molar-refractivity contribution in [3.05, 3.63) is 135 Å². The minimum absolute atomic E-state index is 0.00539. The molecule has 3 heterocycles. The van der Waals surface area contributed by atoms with Crippen molar-refractivity contribution in [1.82, 2.24) is 0 Å². The predicted octanol–water partition coefficient (Wildman–Crippen LogP) is 16.3. The average molecular weight is 893 g/mol. The van der Waals surface area contributed by atoms with Crippen molar-refractivity contribution in [2.75, 3.05) is 9.80 Å². The van der Waals surface area contributed by atoms with E-state index in [1.165, 1.54) is 98.4 Å². The summed E-state index contributed by atoms with van der Waals surface area (Å²) in [6, 6.07) is 39.2. The van der Waals surface area contributed by atoms with Gasteiger partial charge >= 0.3 is 0 Å². The van der Waals surface area contributed by atoms with Crippen molar-refractivity contribution < 1.29 is 0 Å². The van der Waals surface area contributed by atoms with Gasteiger partial charge in [0.15, 0.2) is 0 Å². The summed E-state index contributed by atoms with van der Waals surface area (Å²) in [5, 5.41) is 0.284. The molecule has 2 aliphatic carbocycles. The number of allylic oxidation sites excluding steroid dienone is 1. The lowest BCUT2D eigenvalue weighted by Crippen LogP contribution is -2.66. The van der Waals surface area contributed by atoms with Crippen molar-refractivity contribution in [2.24, 2.45) is 10.8 Å². The lowest BCUT2D eigenvalue weighted by atomic mass is 9.32. The Labute approximate surface area is 404 Å². The lowest BCUT2D eigenvalue weighted by Gasteiger charge is -2.53. The predicted molar refractivity (Wildman–Crippen MR) is 291 cm³/mol. The fourth-order valence-corrected chi connectivity index (χ4v) is 14.7. The first-order valence-corrected chi connectivity index (χ1v) is 26.2. The first kappa shape index (κ1) is 45.6. The van der Waals surface area contributed by atoms with Crippen molar-refractivity contribution >= 4 is 57.8 Å². The third kappa shape index (κ3) is 7.02. The van der Waals surface area contributed by atoms with Gasteiger partial charge < -0.3 is 9.80 Å². The van der Waals surface area contributed by atoms with E-state index in [0.29, 0.717) is 0 Å². The highest BCUT2D eigenvalue weighted by molar-refractivity contribution is 8.05. The lowest BCUT2D eigenvalue weighted by molar-refractivity contribution is 0.266. The third-order valence-electron chi connectivity index (χ3n) is 17.0. The fourth-order valence-electron chi connectivity index (χ4n) is 12.7. The summed E-state index contributed by atoms with van der Waals surface area (Å²) >= 11 is 2.27. The smallest absolute Gasteiger partial charge is 0.233 e. The Hall–Kier alpha value is -4.15. The van der Waals surface area contributed by atoms with Crippen LogP contribution in [-0.4, -0.2) is 17.9 Å². The number of hydrogen-bond acceptors (Lipinski definition) is 3. The van der Waals surface area contributed by atoms with Gasteiger partial charge in [0.2, 0.25) is 6.71 Å². The van der Waals surface area contributed by atoms with Gasteiger partial charge in [0, 0.05) is 39.1 Å². The molecule has 0 fully saturated rings. The van der Waals surface area contributed by atoms with E-state index in [-0.39, 0.29) is 55.8 Å². The van der Waals surface area contributed by atoms with E-state index in [4.69, 9.17) is 0 Å². The van der Waals surface area contributed by atoms with Crippen molar-refractivity contribution in [3.8, 4) is 11.1 Å². The van der Waals surface area contributed by atoms with E-state index in [2.05, 4.69) is 236 Å². The Morgan fingerprint density at radius 3 is 1.76 bits per heavy atom. The van der Waals surface area contributed by atoms with Crippen LogP contribution in [0, 0.1) is 10.8 Å². The van der Waals surface area contributed by atoms with Crippen LogP contribution in [0.2, 0.25) is 0 Å². The topological polar surface area (TPSA) is 6.48 Å². The van der Waals surface area contributed by atoms with Gasteiger partial charge in [-0.2, -0.15) is 0 Å². The maximum Gasteiger partial charge on any atom is 0.233 e. The van der Waals surface area contributed by atoms with Crippen LogP contribution in [0.5, 0.6) is 0 Å². The van der Waals surface area contributed by atoms with Gasteiger partial charge in [-0.25, -0.2) is 0 Å². The fraction of sp³-hybridized carbons (Fsp3) is 0.484. The standard InChI is InChI=1S/C62H77BN2S/c1-56(2,3)39-23-26-42(27-24-39)64-47-36-41(58(7,8)9)37-48-51(47)63(45-29-28-44-49(52(45)64)60(12,13)32-31-59(44,10)11)55-53(50-54(66-55)62(16,17)34-33-61(50,14)15)65(48)46-30-25-40(57(4,5)6)35-43(46)38-21-19-18-20-22-38/h18-30,35-37,53,55H,31-34H2,1-17H3. The van der Waals surface area contributed by atoms with Gasteiger partial charge in [0.05, 0.1) is 6.04 Å². The largest absolute Gasteiger partial charge is 0.334 e. The summed E-state index contributed by atoms with van der Waals surface area (Å²) in [6.45, 7) is 41.9. The average Bonchev–Trinajstić information content (AvgIpc) is 3.66. The Bertz CT molecular complexity index is 2800. The molecule has 0 N–H and O–H groups in total. The van der Waals surface area contributed by atoms with Gasteiger partial charge in [-0.15, -0.1) is 11.8 Å². The van der Waals surface area contributed by atoms with Crippen LogP contribution in [-0.2, 0) is 27.1 Å². The first-order valence-electron chi connectivity index (χ1n) is 25.3. The van der Waals surface area contributed by atoms with Crippen LogP contribution in [0.1, 0.15) is 171 Å². The van der Waals surface area contributed by atoms with Crippen molar-refractivity contribution in [3.63, 3.8) is 0 Å². The minimum Gasteiger partial charge on any atom is -0.334 e. The zero-order valence-electron chi connectivity index (χ0n) is 43.6. The monoisotopic (exact) mass is 893 g/mol. The summed E-state index contributed by atoms with van der Waals surface area (Å²) < 4.78 is 0. The van der Waals surface area contributed by atoms with E-state index in [1.54, 1.807) is 16.0 Å². The van der Waals surface area contributed by atoms with Gasteiger partial charge in [-0.3, -0.25) is 0 Å². The summed E-state index contributed by atoms with van der Waals surface area (Å²) in [7, 11) is 0. The Balaban J connectivity index is 1.38. The molecule has 66 heavy (non-hydrogen) atoms. The molecule has 5 aromatic carbocycles. The van der Waals surface area contributed by atoms with E-state index in [9.17, 15) is 0 Å². The number of benzene rings is 5. The SMILES string of the molecule is CC1(C)CCC(C)(C)C2=C1SC1B3c4ccc5c(c4N(c4ccc(C(C)(C)C)cc4)c4cc(C(C)(C)C)cc(c43)N(c3ccc(C(C)(C)C)cc3-c3ccccc3)C21)C(C)(C)CCC5(C)C. The second kappa shape index (κ2) is 14.7. The molecular weight excluding hydrogens is 816 g/mol. The highest BCUT2D eigenvalue weighted by Crippen LogP contribution is 2.65. The molecular formula is C62H77BN2S. The summed E-state index contributed by atoms with van der Waals surface area (Å²) in [6.07, 6.45) is 4.77. The van der Waals surface area contributed by atoms with Crippen LogP contribution in [0.3, 0.4) is 0 Å². The highest BCUT2D eigenvalue weighted by Gasteiger charge is 2.60. The molecule has 0 saturated carbocycles. The molecule has 10 rings (SSSR count). The molecule has 344 valence electrons. The molecule has 3 aliphatic heterocycles. The van der Waals surface area contributed by atoms with Gasteiger partial charge in [-0.05, 0) is 155 Å². The molecule has 0 bridgehead atoms. The Morgan fingerprint density at radius 2 is 1.12 bits per heavy atom. The number of fused-ring (bicyclic) bond motifs is 7. The number of anilines is 5. The molecule has 2 atom stereocenters. The molecule has 0 radical (unpaired) electrons. The first-order chi connectivity index (χ1) is 30.6. The molecule has 4 heteroatoms. The molecule has 0 amide bonds. The van der Waals surface area contributed by atoms with E-state index in [1.807, 2.05) is 0 Å². The second-order valence-electron chi connectivity index (χ2n) is 26.7. The van der Waals surface area contributed by atoms with Crippen LogP contribution >= 0.6 is 11.8 Å². The quantitative estimate of drug-likeness (QED) is 0.167. The van der Waals surface area contributed by atoms with Crippen LogP contribution in [0.25, 0.3) is 11.1 Å². The number of thioether (sulfide) groups is 1. The molecule has 0 spiro atoms. The van der Waals surface area contributed by atoms with Crippen LogP contribution in [0.4, 0.5) is 28.4 Å². The van der Waals surface area contributed by atoms with E-state index in [0.717, 1.165) is 0 Å². The Morgan fingerprint density at radius 1 is 0.545 bits per heavy atom.